The van der Waals surface area contributed by atoms with Crippen molar-refractivity contribution in [1.29, 1.82) is 0 Å². The van der Waals surface area contributed by atoms with E-state index in [1.807, 2.05) is 43.6 Å². The van der Waals surface area contributed by atoms with E-state index >= 15 is 0 Å². The summed E-state index contributed by atoms with van der Waals surface area (Å²) in [6.45, 7) is 4.59. The van der Waals surface area contributed by atoms with Gasteiger partial charge in [0.15, 0.2) is 0 Å². The molecule has 0 saturated heterocycles. The second-order valence-electron chi connectivity index (χ2n) is 5.60. The van der Waals surface area contributed by atoms with Gasteiger partial charge in [-0.15, -0.1) is 6.58 Å². The highest BCUT2D eigenvalue weighted by atomic mass is 35.5. The summed E-state index contributed by atoms with van der Waals surface area (Å²) in [5.74, 6) is 1.04. The van der Waals surface area contributed by atoms with Crippen molar-refractivity contribution in [2.75, 3.05) is 13.6 Å². The SMILES string of the molecule is C=CCN(C)C1=NC=C(c2ccc(Cl)cc2)c2ccccc2C1. The number of aliphatic imine (C=N–C) groups is 1. The third-order valence-electron chi connectivity index (χ3n) is 4.00. The average molecular weight is 323 g/mol. The van der Waals surface area contributed by atoms with Crippen LogP contribution in [0.25, 0.3) is 5.57 Å². The highest BCUT2D eigenvalue weighted by molar-refractivity contribution is 6.30. The molecular formula is C20H19ClN2. The van der Waals surface area contributed by atoms with Crippen molar-refractivity contribution in [1.82, 2.24) is 4.90 Å². The number of fused-ring (bicyclic) bond motifs is 1. The molecule has 1 heterocycles. The van der Waals surface area contributed by atoms with Gasteiger partial charge in [-0.05, 0) is 28.8 Å². The first kappa shape index (κ1) is 15.6. The molecule has 2 aromatic rings. The summed E-state index contributed by atoms with van der Waals surface area (Å²) in [5, 5.41) is 0.742. The number of hydrogen-bond acceptors (Lipinski definition) is 2. The molecule has 0 bridgehead atoms. The van der Waals surface area contributed by atoms with Crippen LogP contribution >= 0.6 is 11.6 Å². The molecule has 3 rings (SSSR count). The summed E-state index contributed by atoms with van der Waals surface area (Å²) < 4.78 is 0. The number of halogens is 1. The Kier molecular flexibility index (Phi) is 4.63. The summed E-state index contributed by atoms with van der Waals surface area (Å²) >= 11 is 6.02. The zero-order chi connectivity index (χ0) is 16.2. The van der Waals surface area contributed by atoms with Crippen molar-refractivity contribution in [2.45, 2.75) is 6.42 Å². The van der Waals surface area contributed by atoms with Gasteiger partial charge in [0.05, 0.1) is 0 Å². The molecule has 2 aromatic carbocycles. The van der Waals surface area contributed by atoms with Gasteiger partial charge in [-0.2, -0.15) is 0 Å². The maximum atomic E-state index is 6.02. The highest BCUT2D eigenvalue weighted by Crippen LogP contribution is 2.30. The van der Waals surface area contributed by atoms with Crippen LogP contribution in [0.2, 0.25) is 5.02 Å². The lowest BCUT2D eigenvalue weighted by molar-refractivity contribution is 0.554. The molecule has 3 heteroatoms. The maximum Gasteiger partial charge on any atom is 0.109 e. The number of hydrogen-bond donors (Lipinski definition) is 0. The smallest absolute Gasteiger partial charge is 0.109 e. The molecule has 0 unspecified atom stereocenters. The van der Waals surface area contributed by atoms with E-state index in [4.69, 9.17) is 16.6 Å². The molecule has 0 fully saturated rings. The zero-order valence-electron chi connectivity index (χ0n) is 13.2. The molecule has 1 aliphatic rings. The van der Waals surface area contributed by atoms with Crippen molar-refractivity contribution in [3.05, 3.63) is 89.1 Å². The lowest BCUT2D eigenvalue weighted by atomic mass is 9.93. The van der Waals surface area contributed by atoms with Crippen LogP contribution in [-0.2, 0) is 6.42 Å². The average Bonchev–Trinajstić information content (AvgIpc) is 2.76. The van der Waals surface area contributed by atoms with Crippen LogP contribution in [0.1, 0.15) is 16.7 Å². The van der Waals surface area contributed by atoms with E-state index in [1.165, 1.54) is 11.1 Å². The summed E-state index contributed by atoms with van der Waals surface area (Å²) in [6.07, 6.45) is 4.67. The molecule has 0 amide bonds. The van der Waals surface area contributed by atoms with Gasteiger partial charge in [0, 0.05) is 36.8 Å². The fourth-order valence-corrected chi connectivity index (χ4v) is 2.88. The Bertz CT molecular complexity index is 772. The van der Waals surface area contributed by atoms with Gasteiger partial charge in [-0.25, -0.2) is 4.99 Å². The summed E-state index contributed by atoms with van der Waals surface area (Å²) in [6, 6.07) is 16.4. The molecule has 0 aliphatic carbocycles. The minimum atomic E-state index is 0.742. The minimum absolute atomic E-state index is 0.742. The monoisotopic (exact) mass is 322 g/mol. The fourth-order valence-electron chi connectivity index (χ4n) is 2.75. The molecule has 0 spiro atoms. The number of likely N-dealkylation sites (N-methyl/N-ethyl adjacent to an activating group) is 1. The van der Waals surface area contributed by atoms with Crippen LogP contribution in [0.15, 0.2) is 72.4 Å². The Hall–Kier alpha value is -2.32. The Morgan fingerprint density at radius 3 is 2.65 bits per heavy atom. The van der Waals surface area contributed by atoms with E-state index in [0.29, 0.717) is 0 Å². The van der Waals surface area contributed by atoms with Crippen molar-refractivity contribution in [3.63, 3.8) is 0 Å². The van der Waals surface area contributed by atoms with Crippen LogP contribution in [0, 0.1) is 0 Å². The fraction of sp³-hybridized carbons (Fsp3) is 0.150. The van der Waals surface area contributed by atoms with E-state index in [1.54, 1.807) is 0 Å². The molecule has 0 N–H and O–H groups in total. The molecular weight excluding hydrogens is 304 g/mol. The molecule has 0 atom stereocenters. The van der Waals surface area contributed by atoms with Gasteiger partial charge in [-0.3, -0.25) is 0 Å². The van der Waals surface area contributed by atoms with E-state index in [2.05, 4.69) is 35.7 Å². The van der Waals surface area contributed by atoms with Crippen molar-refractivity contribution >= 4 is 23.0 Å². The Balaban J connectivity index is 2.09. The van der Waals surface area contributed by atoms with Gasteiger partial charge in [0.25, 0.3) is 0 Å². The van der Waals surface area contributed by atoms with Gasteiger partial charge in [-0.1, -0.05) is 54.1 Å². The van der Waals surface area contributed by atoms with E-state index in [9.17, 15) is 0 Å². The topological polar surface area (TPSA) is 15.6 Å². The molecule has 1 aliphatic heterocycles. The quantitative estimate of drug-likeness (QED) is 0.741. The van der Waals surface area contributed by atoms with Crippen LogP contribution in [0.4, 0.5) is 0 Å². The molecule has 2 nitrogen and oxygen atoms in total. The Morgan fingerprint density at radius 2 is 1.91 bits per heavy atom. The number of rotatable bonds is 3. The van der Waals surface area contributed by atoms with Gasteiger partial charge >= 0.3 is 0 Å². The molecule has 116 valence electrons. The van der Waals surface area contributed by atoms with Crippen LogP contribution < -0.4 is 0 Å². The van der Waals surface area contributed by atoms with E-state index < -0.39 is 0 Å². The van der Waals surface area contributed by atoms with Crippen LogP contribution in [0.3, 0.4) is 0 Å². The number of amidine groups is 1. The highest BCUT2D eigenvalue weighted by Gasteiger charge is 2.16. The number of nitrogens with zero attached hydrogens (tertiary/aromatic N) is 2. The van der Waals surface area contributed by atoms with Crippen molar-refractivity contribution in [3.8, 4) is 0 Å². The largest absolute Gasteiger partial charge is 0.359 e. The second kappa shape index (κ2) is 6.84. The molecule has 0 radical (unpaired) electrons. The standard InChI is InChI=1S/C20H19ClN2/c1-3-12-23(2)20-13-16-6-4-5-7-18(16)19(14-22-20)15-8-10-17(21)11-9-15/h3-11,14H,1,12-13H2,2H3. The first-order valence-electron chi connectivity index (χ1n) is 7.62. The summed E-state index contributed by atoms with van der Waals surface area (Å²) in [5.41, 5.74) is 4.75. The third-order valence-corrected chi connectivity index (χ3v) is 4.25. The summed E-state index contributed by atoms with van der Waals surface area (Å²) in [7, 11) is 2.05. The first-order valence-corrected chi connectivity index (χ1v) is 8.00. The van der Waals surface area contributed by atoms with Gasteiger partial charge in [0.2, 0.25) is 0 Å². The second-order valence-corrected chi connectivity index (χ2v) is 6.03. The third kappa shape index (κ3) is 3.38. The predicted octanol–water partition coefficient (Wildman–Crippen LogP) is 4.80. The van der Waals surface area contributed by atoms with Gasteiger partial charge < -0.3 is 4.90 Å². The van der Waals surface area contributed by atoms with Crippen LogP contribution in [0.5, 0.6) is 0 Å². The Morgan fingerprint density at radius 1 is 1.17 bits per heavy atom. The first-order chi connectivity index (χ1) is 11.2. The molecule has 0 saturated carbocycles. The molecule has 0 aromatic heterocycles. The van der Waals surface area contributed by atoms with E-state index in [0.717, 1.165) is 35.0 Å². The summed E-state index contributed by atoms with van der Waals surface area (Å²) in [4.78, 5) is 6.87. The minimum Gasteiger partial charge on any atom is -0.359 e. The van der Waals surface area contributed by atoms with E-state index in [-0.39, 0.29) is 0 Å². The van der Waals surface area contributed by atoms with Crippen LogP contribution in [-0.4, -0.2) is 24.3 Å². The van der Waals surface area contributed by atoms with Gasteiger partial charge in [0.1, 0.15) is 5.84 Å². The lowest BCUT2D eigenvalue weighted by Gasteiger charge is -2.19. The zero-order valence-corrected chi connectivity index (χ0v) is 13.9. The Labute approximate surface area is 142 Å². The predicted molar refractivity (Wildman–Crippen MR) is 98.9 cm³/mol. The number of benzene rings is 2. The van der Waals surface area contributed by atoms with Crippen molar-refractivity contribution in [2.24, 2.45) is 4.99 Å². The maximum absolute atomic E-state index is 6.02. The molecule has 23 heavy (non-hydrogen) atoms. The normalized spacial score (nSPS) is 13.5. The lowest BCUT2D eigenvalue weighted by Crippen LogP contribution is -2.28. The van der Waals surface area contributed by atoms with Crippen molar-refractivity contribution < 1.29 is 0 Å².